The van der Waals surface area contributed by atoms with Crippen LogP contribution in [0.1, 0.15) is 20.3 Å². The third-order valence-electron chi connectivity index (χ3n) is 1.95. The van der Waals surface area contributed by atoms with Crippen molar-refractivity contribution in [3.63, 3.8) is 0 Å². The maximum absolute atomic E-state index is 11.2. The summed E-state index contributed by atoms with van der Waals surface area (Å²) in [5, 5.41) is 0. The summed E-state index contributed by atoms with van der Waals surface area (Å²) >= 11 is -2.02. The van der Waals surface area contributed by atoms with Gasteiger partial charge in [0.1, 0.15) is 0 Å². The second kappa shape index (κ2) is 5.68. The molecular formula is C10H20O2Sn. The van der Waals surface area contributed by atoms with Crippen LogP contribution >= 0.6 is 0 Å². The molecule has 0 heterocycles. The number of rotatable bonds is 4. The van der Waals surface area contributed by atoms with E-state index in [1.807, 2.05) is 13.8 Å². The molecule has 0 aromatic rings. The Morgan fingerprint density at radius 1 is 1.38 bits per heavy atom. The SMILES string of the molecule is C/C=[C](/CC(=O)OCC)[Sn]([CH3])([CH3])[CH3]. The van der Waals surface area contributed by atoms with Crippen LogP contribution in [0.2, 0.25) is 14.8 Å². The van der Waals surface area contributed by atoms with Crippen molar-refractivity contribution < 1.29 is 9.53 Å². The summed E-state index contributed by atoms with van der Waals surface area (Å²) in [6, 6.07) is 0. The van der Waals surface area contributed by atoms with E-state index in [9.17, 15) is 4.79 Å². The Kier molecular flexibility index (Phi) is 5.68. The minimum atomic E-state index is -2.02. The van der Waals surface area contributed by atoms with Crippen molar-refractivity contribution in [2.24, 2.45) is 0 Å². The first-order chi connectivity index (χ1) is 5.91. The van der Waals surface area contributed by atoms with E-state index < -0.39 is 18.4 Å². The Morgan fingerprint density at radius 3 is 2.23 bits per heavy atom. The normalized spacial score (nSPS) is 12.8. The van der Waals surface area contributed by atoms with Crippen LogP contribution in [0.4, 0.5) is 0 Å². The molecule has 0 aliphatic carbocycles. The van der Waals surface area contributed by atoms with Crippen molar-refractivity contribution in [3.8, 4) is 0 Å². The zero-order valence-corrected chi connectivity index (χ0v) is 12.2. The molecule has 0 bridgehead atoms. The van der Waals surface area contributed by atoms with Crippen LogP contribution in [0.5, 0.6) is 0 Å². The first kappa shape index (κ1) is 13.0. The molecule has 0 saturated carbocycles. The average molecular weight is 291 g/mol. The molecule has 76 valence electrons. The van der Waals surface area contributed by atoms with Gasteiger partial charge in [0.25, 0.3) is 0 Å². The summed E-state index contributed by atoms with van der Waals surface area (Å²) < 4.78 is 6.26. The van der Waals surface area contributed by atoms with Gasteiger partial charge in [0.2, 0.25) is 0 Å². The monoisotopic (exact) mass is 292 g/mol. The van der Waals surface area contributed by atoms with E-state index in [4.69, 9.17) is 4.74 Å². The van der Waals surface area contributed by atoms with Gasteiger partial charge >= 0.3 is 85.2 Å². The zero-order chi connectivity index (χ0) is 10.5. The van der Waals surface area contributed by atoms with Gasteiger partial charge in [-0.25, -0.2) is 0 Å². The second-order valence-corrected chi connectivity index (χ2v) is 18.7. The van der Waals surface area contributed by atoms with Crippen molar-refractivity contribution in [2.75, 3.05) is 6.61 Å². The molecule has 0 spiro atoms. The van der Waals surface area contributed by atoms with E-state index in [1.54, 1.807) is 0 Å². The Bertz CT molecular complexity index is 201. The fourth-order valence-corrected chi connectivity index (χ4v) is 5.57. The predicted octanol–water partition coefficient (Wildman–Crippen LogP) is 2.76. The van der Waals surface area contributed by atoms with E-state index >= 15 is 0 Å². The molecule has 0 radical (unpaired) electrons. The molecule has 0 amide bonds. The van der Waals surface area contributed by atoms with E-state index in [1.165, 1.54) is 3.59 Å². The Balaban J connectivity index is 4.25. The predicted molar refractivity (Wildman–Crippen MR) is 58.4 cm³/mol. The van der Waals surface area contributed by atoms with Crippen LogP contribution in [0.3, 0.4) is 0 Å². The van der Waals surface area contributed by atoms with E-state index in [0.717, 1.165) is 0 Å². The van der Waals surface area contributed by atoms with Crippen molar-refractivity contribution in [2.45, 2.75) is 35.1 Å². The van der Waals surface area contributed by atoms with Crippen LogP contribution in [-0.4, -0.2) is 31.0 Å². The summed E-state index contributed by atoms with van der Waals surface area (Å²) in [5.41, 5.74) is 0. The Labute approximate surface area is 85.2 Å². The van der Waals surface area contributed by atoms with Gasteiger partial charge in [0.05, 0.1) is 0 Å². The van der Waals surface area contributed by atoms with E-state index in [2.05, 4.69) is 20.9 Å². The molecule has 0 aromatic carbocycles. The summed E-state index contributed by atoms with van der Waals surface area (Å²) in [6.45, 7) is 4.33. The number of carbonyl (C=O) groups is 1. The Morgan fingerprint density at radius 2 is 1.92 bits per heavy atom. The topological polar surface area (TPSA) is 26.3 Å². The van der Waals surface area contributed by atoms with Crippen molar-refractivity contribution in [3.05, 3.63) is 9.67 Å². The van der Waals surface area contributed by atoms with Gasteiger partial charge in [-0.05, 0) is 0 Å². The number of esters is 1. The first-order valence-corrected chi connectivity index (χ1v) is 14.7. The molecular weight excluding hydrogens is 271 g/mol. The van der Waals surface area contributed by atoms with Crippen LogP contribution < -0.4 is 0 Å². The molecule has 0 aliphatic rings. The summed E-state index contributed by atoms with van der Waals surface area (Å²) in [5.74, 6) is -0.0813. The van der Waals surface area contributed by atoms with Crippen LogP contribution in [0.15, 0.2) is 9.67 Å². The molecule has 0 rings (SSSR count). The van der Waals surface area contributed by atoms with Gasteiger partial charge < -0.3 is 0 Å². The molecule has 0 saturated heterocycles. The van der Waals surface area contributed by atoms with Gasteiger partial charge in [0.15, 0.2) is 0 Å². The van der Waals surface area contributed by atoms with Crippen molar-refractivity contribution >= 4 is 24.3 Å². The summed E-state index contributed by atoms with van der Waals surface area (Å²) in [4.78, 5) is 18.2. The van der Waals surface area contributed by atoms with Gasteiger partial charge in [-0.2, -0.15) is 0 Å². The molecule has 0 unspecified atom stereocenters. The summed E-state index contributed by atoms with van der Waals surface area (Å²) in [7, 11) is 0. The summed E-state index contributed by atoms with van der Waals surface area (Å²) in [6.07, 6.45) is 2.59. The van der Waals surface area contributed by atoms with Crippen molar-refractivity contribution in [1.29, 1.82) is 0 Å². The fraction of sp³-hybridized carbons (Fsp3) is 0.700. The molecule has 0 N–H and O–H groups in total. The third-order valence-corrected chi connectivity index (χ3v) is 8.78. The van der Waals surface area contributed by atoms with Gasteiger partial charge in [-0.3, -0.25) is 0 Å². The molecule has 0 atom stereocenters. The standard InChI is InChI=1S/C7H11O2.3CH3.Sn/c1-3-5-6-7(8)9-4-2;;;;/h3H,4,6H2,1-2H3;3*1H3;. The second-order valence-electron chi connectivity index (χ2n) is 4.05. The van der Waals surface area contributed by atoms with Crippen molar-refractivity contribution in [1.82, 2.24) is 0 Å². The third kappa shape index (κ3) is 5.34. The number of hydrogen-bond acceptors (Lipinski definition) is 2. The fourth-order valence-electron chi connectivity index (χ4n) is 1.17. The zero-order valence-electron chi connectivity index (χ0n) is 9.31. The molecule has 0 aliphatic heterocycles. The van der Waals surface area contributed by atoms with E-state index in [-0.39, 0.29) is 5.97 Å². The number of allylic oxidation sites excluding steroid dienone is 1. The minimum absolute atomic E-state index is 0.0813. The molecule has 3 heteroatoms. The molecule has 13 heavy (non-hydrogen) atoms. The molecule has 2 nitrogen and oxygen atoms in total. The quantitative estimate of drug-likeness (QED) is 0.588. The van der Waals surface area contributed by atoms with Gasteiger partial charge in [-0.1, -0.05) is 0 Å². The van der Waals surface area contributed by atoms with Crippen LogP contribution in [0.25, 0.3) is 0 Å². The van der Waals surface area contributed by atoms with Crippen LogP contribution in [0, 0.1) is 0 Å². The first-order valence-electron chi connectivity index (χ1n) is 4.73. The average Bonchev–Trinajstić information content (AvgIpc) is 1.98. The maximum atomic E-state index is 11.2. The number of hydrogen-bond donors (Lipinski definition) is 0. The molecule has 0 aromatic heterocycles. The van der Waals surface area contributed by atoms with Gasteiger partial charge in [0, 0.05) is 0 Å². The Hall–Kier alpha value is 0.00870. The molecule has 0 fully saturated rings. The van der Waals surface area contributed by atoms with E-state index in [0.29, 0.717) is 13.0 Å². The van der Waals surface area contributed by atoms with Gasteiger partial charge in [-0.15, -0.1) is 0 Å². The van der Waals surface area contributed by atoms with Crippen LogP contribution in [-0.2, 0) is 9.53 Å². The number of ether oxygens (including phenoxy) is 1. The number of carbonyl (C=O) groups excluding carboxylic acids is 1.